The molecule has 2 aromatic carbocycles. The third-order valence-electron chi connectivity index (χ3n) is 6.38. The highest BCUT2D eigenvalue weighted by Gasteiger charge is 2.43. The normalized spacial score (nSPS) is 16.0. The summed E-state index contributed by atoms with van der Waals surface area (Å²) in [7, 11) is 0. The Hall–Kier alpha value is -3.86. The largest absolute Gasteiger partial charge is 0.481 e. The fourth-order valence-electron chi connectivity index (χ4n) is 4.32. The summed E-state index contributed by atoms with van der Waals surface area (Å²) in [5, 5.41) is 23.2. The number of nitriles is 1. The number of carbonyl (C=O) groups excluding carboxylic acids is 2. The summed E-state index contributed by atoms with van der Waals surface area (Å²) >= 11 is 0. The smallest absolute Gasteiger partial charge is 0.407 e. The number of nitrogens with zero attached hydrogens (tertiary/aromatic N) is 1. The maximum atomic E-state index is 12.6. The van der Waals surface area contributed by atoms with Gasteiger partial charge in [-0.1, -0.05) is 48.5 Å². The zero-order chi connectivity index (χ0) is 23.4. The molecule has 0 heterocycles. The third kappa shape index (κ3) is 4.98. The molecule has 1 unspecified atom stereocenters. The van der Waals surface area contributed by atoms with Crippen molar-refractivity contribution >= 4 is 18.0 Å². The topological polar surface area (TPSA) is 129 Å². The average Bonchev–Trinajstić information content (AvgIpc) is 3.50. The molecule has 2 amide bonds. The zero-order valence-electron chi connectivity index (χ0n) is 18.0. The number of aliphatic carboxylic acids is 1. The number of fused-ring (bicyclic) bond motifs is 3. The van der Waals surface area contributed by atoms with Crippen molar-refractivity contribution < 1.29 is 24.2 Å². The molecule has 0 saturated heterocycles. The van der Waals surface area contributed by atoms with Crippen LogP contribution in [0.15, 0.2) is 48.5 Å². The minimum Gasteiger partial charge on any atom is -0.481 e. The molecule has 0 aromatic heterocycles. The third-order valence-corrected chi connectivity index (χ3v) is 6.38. The van der Waals surface area contributed by atoms with Crippen LogP contribution in [-0.4, -0.2) is 42.3 Å². The van der Waals surface area contributed by atoms with E-state index in [2.05, 4.69) is 16.7 Å². The molecule has 1 fully saturated rings. The van der Waals surface area contributed by atoms with Crippen molar-refractivity contribution in [2.24, 2.45) is 5.41 Å². The summed E-state index contributed by atoms with van der Waals surface area (Å²) < 4.78 is 5.43. The number of amides is 2. The molecule has 2 aromatic rings. The molecule has 2 aliphatic carbocycles. The summed E-state index contributed by atoms with van der Waals surface area (Å²) in [5.74, 6) is -1.96. The highest BCUT2D eigenvalue weighted by atomic mass is 16.5. The minimum atomic E-state index is -1.27. The van der Waals surface area contributed by atoms with E-state index in [1.165, 1.54) is 0 Å². The van der Waals surface area contributed by atoms with Gasteiger partial charge in [0.1, 0.15) is 12.6 Å². The van der Waals surface area contributed by atoms with Gasteiger partial charge in [-0.15, -0.1) is 0 Å². The van der Waals surface area contributed by atoms with Crippen LogP contribution in [-0.2, 0) is 14.3 Å². The van der Waals surface area contributed by atoms with Crippen molar-refractivity contribution in [3.63, 3.8) is 0 Å². The van der Waals surface area contributed by atoms with Gasteiger partial charge < -0.3 is 20.5 Å². The van der Waals surface area contributed by atoms with Crippen LogP contribution >= 0.6 is 0 Å². The molecule has 0 bridgehead atoms. The van der Waals surface area contributed by atoms with E-state index >= 15 is 0 Å². The van der Waals surface area contributed by atoms with Gasteiger partial charge in [0.2, 0.25) is 5.91 Å². The van der Waals surface area contributed by atoms with Gasteiger partial charge in [0, 0.05) is 24.3 Å². The van der Waals surface area contributed by atoms with Crippen LogP contribution in [0.2, 0.25) is 0 Å². The summed E-state index contributed by atoms with van der Waals surface area (Å²) in [6.07, 6.45) is 0.586. The first-order chi connectivity index (χ1) is 15.9. The molecular formula is C25H25N3O5. The molecule has 0 aliphatic heterocycles. The van der Waals surface area contributed by atoms with Gasteiger partial charge in [0.25, 0.3) is 0 Å². The lowest BCUT2D eigenvalue weighted by atomic mass is 9.98. The lowest BCUT2D eigenvalue weighted by molar-refractivity contribution is -0.139. The SMILES string of the molecule is N#CCC1(CNC(=O)C(CC(=O)O)NC(=O)OCC2c3ccccc3-c3ccccc32)CC1. The second-order valence-corrected chi connectivity index (χ2v) is 8.67. The fourth-order valence-corrected chi connectivity index (χ4v) is 4.32. The molecule has 170 valence electrons. The molecule has 1 saturated carbocycles. The van der Waals surface area contributed by atoms with E-state index in [1.54, 1.807) is 0 Å². The Bertz CT molecular complexity index is 1070. The Morgan fingerprint density at radius 2 is 1.70 bits per heavy atom. The highest BCUT2D eigenvalue weighted by Crippen LogP contribution is 2.48. The van der Waals surface area contributed by atoms with Crippen LogP contribution in [0.3, 0.4) is 0 Å². The predicted octanol–water partition coefficient (Wildman–Crippen LogP) is 3.18. The quantitative estimate of drug-likeness (QED) is 0.542. The van der Waals surface area contributed by atoms with Crippen LogP contribution in [0.5, 0.6) is 0 Å². The monoisotopic (exact) mass is 447 g/mol. The van der Waals surface area contributed by atoms with E-state index < -0.39 is 30.4 Å². The molecular weight excluding hydrogens is 422 g/mol. The van der Waals surface area contributed by atoms with Crippen molar-refractivity contribution in [3.05, 3.63) is 59.7 Å². The number of nitrogens with one attached hydrogen (secondary N) is 2. The van der Waals surface area contributed by atoms with Crippen LogP contribution < -0.4 is 10.6 Å². The lowest BCUT2D eigenvalue weighted by Crippen LogP contribution is -2.49. The molecule has 0 spiro atoms. The Morgan fingerprint density at radius 1 is 1.09 bits per heavy atom. The first-order valence-electron chi connectivity index (χ1n) is 10.9. The number of ether oxygens (including phenoxy) is 1. The van der Waals surface area contributed by atoms with Gasteiger partial charge in [0.15, 0.2) is 0 Å². The number of carboxylic acid groups (broad SMARTS) is 1. The van der Waals surface area contributed by atoms with Gasteiger partial charge in [-0.2, -0.15) is 5.26 Å². The van der Waals surface area contributed by atoms with Gasteiger partial charge in [-0.3, -0.25) is 9.59 Å². The summed E-state index contributed by atoms with van der Waals surface area (Å²) in [6, 6.07) is 16.7. The maximum absolute atomic E-state index is 12.6. The molecule has 2 aliphatic rings. The molecule has 1 atom stereocenters. The standard InChI is InChI=1S/C25H25N3O5/c26-12-11-25(9-10-25)15-27-23(31)21(13-22(29)30)28-24(32)33-14-20-18-7-3-1-5-16(18)17-6-2-4-8-19(17)20/h1-8,20-21H,9-11,13-15H2,(H,27,31)(H,28,32)(H,29,30). The van der Waals surface area contributed by atoms with Gasteiger partial charge >= 0.3 is 12.1 Å². The maximum Gasteiger partial charge on any atom is 0.407 e. The van der Waals surface area contributed by atoms with E-state index in [0.29, 0.717) is 6.42 Å². The van der Waals surface area contributed by atoms with Crippen LogP contribution in [0.1, 0.15) is 42.7 Å². The number of benzene rings is 2. The lowest BCUT2D eigenvalue weighted by Gasteiger charge is -2.20. The Morgan fingerprint density at radius 3 is 2.24 bits per heavy atom. The van der Waals surface area contributed by atoms with E-state index in [4.69, 9.17) is 10.00 Å². The van der Waals surface area contributed by atoms with Crippen molar-refractivity contribution in [3.8, 4) is 17.2 Å². The minimum absolute atomic E-state index is 0.0621. The van der Waals surface area contributed by atoms with Crippen molar-refractivity contribution in [2.75, 3.05) is 13.2 Å². The Labute approximate surface area is 191 Å². The van der Waals surface area contributed by atoms with Crippen LogP contribution in [0.25, 0.3) is 11.1 Å². The van der Waals surface area contributed by atoms with E-state index in [1.807, 2.05) is 48.5 Å². The average molecular weight is 447 g/mol. The van der Waals surface area contributed by atoms with E-state index in [9.17, 15) is 19.5 Å². The summed E-state index contributed by atoms with van der Waals surface area (Å²) in [4.78, 5) is 36.3. The molecule has 33 heavy (non-hydrogen) atoms. The number of rotatable bonds is 9. The second-order valence-electron chi connectivity index (χ2n) is 8.67. The Kier molecular flexibility index (Phi) is 6.31. The predicted molar refractivity (Wildman–Crippen MR) is 119 cm³/mol. The van der Waals surface area contributed by atoms with Crippen molar-refractivity contribution in [1.82, 2.24) is 10.6 Å². The number of hydrogen-bond donors (Lipinski definition) is 3. The van der Waals surface area contributed by atoms with Crippen molar-refractivity contribution in [1.29, 1.82) is 5.26 Å². The fraction of sp³-hybridized carbons (Fsp3) is 0.360. The second kappa shape index (κ2) is 9.33. The van der Waals surface area contributed by atoms with E-state index in [0.717, 1.165) is 35.1 Å². The number of hydrogen-bond acceptors (Lipinski definition) is 5. The van der Waals surface area contributed by atoms with Crippen LogP contribution in [0.4, 0.5) is 4.79 Å². The first-order valence-corrected chi connectivity index (χ1v) is 10.9. The molecule has 3 N–H and O–H groups in total. The molecule has 8 nitrogen and oxygen atoms in total. The van der Waals surface area contributed by atoms with Gasteiger partial charge in [-0.05, 0) is 35.1 Å². The van der Waals surface area contributed by atoms with E-state index in [-0.39, 0.29) is 24.5 Å². The Balaban J connectivity index is 1.37. The summed E-state index contributed by atoms with van der Waals surface area (Å²) in [5.41, 5.74) is 4.06. The number of alkyl carbamates (subject to hydrolysis) is 1. The molecule has 8 heteroatoms. The first kappa shape index (κ1) is 22.3. The summed E-state index contributed by atoms with van der Waals surface area (Å²) in [6.45, 7) is 0.342. The van der Waals surface area contributed by atoms with Crippen molar-refractivity contribution in [2.45, 2.75) is 37.6 Å². The highest BCUT2D eigenvalue weighted by molar-refractivity contribution is 5.89. The zero-order valence-corrected chi connectivity index (χ0v) is 18.0. The molecule has 4 rings (SSSR count). The number of carbonyl (C=O) groups is 3. The number of carboxylic acids is 1. The molecule has 0 radical (unpaired) electrons. The van der Waals surface area contributed by atoms with Gasteiger partial charge in [-0.25, -0.2) is 4.79 Å². The van der Waals surface area contributed by atoms with Crippen LogP contribution in [0, 0.1) is 16.7 Å². The van der Waals surface area contributed by atoms with Gasteiger partial charge in [0.05, 0.1) is 12.5 Å².